The smallest absolute Gasteiger partial charge is 0.223 e. The summed E-state index contributed by atoms with van der Waals surface area (Å²) in [5.41, 5.74) is 4.23. The van der Waals surface area contributed by atoms with E-state index in [1.54, 1.807) is 12.3 Å². The number of para-hydroxylation sites is 2. The largest absolute Gasteiger partial charge is 0.363 e. The van der Waals surface area contributed by atoms with Crippen molar-refractivity contribution in [2.75, 3.05) is 47.6 Å². The maximum atomic E-state index is 9.94. The van der Waals surface area contributed by atoms with Crippen LogP contribution in [0.3, 0.4) is 0 Å². The summed E-state index contributed by atoms with van der Waals surface area (Å²) in [6, 6.07) is 16.2. The van der Waals surface area contributed by atoms with Crippen molar-refractivity contribution >= 4 is 28.7 Å². The number of nitrogens with zero attached hydrogens (tertiary/aromatic N) is 6. The number of hydrogen-bond acceptors (Lipinski definition) is 8. The molecule has 0 saturated carbocycles. The SMILES string of the molecule is CCN1/C(=C(\C#N)c2ccnc(NCCc3ccc(N(C)C)nc3)n2)Nc2ccccc21. The first-order valence-electron chi connectivity index (χ1n) is 10.6. The van der Waals surface area contributed by atoms with Gasteiger partial charge in [-0.1, -0.05) is 18.2 Å². The van der Waals surface area contributed by atoms with Gasteiger partial charge in [-0.2, -0.15) is 5.26 Å². The van der Waals surface area contributed by atoms with Crippen LogP contribution in [0.25, 0.3) is 5.57 Å². The summed E-state index contributed by atoms with van der Waals surface area (Å²) in [5, 5.41) is 16.6. The second-order valence-corrected chi connectivity index (χ2v) is 7.58. The Hall–Kier alpha value is -4.12. The fourth-order valence-electron chi connectivity index (χ4n) is 3.62. The van der Waals surface area contributed by atoms with Crippen molar-refractivity contribution in [2.45, 2.75) is 13.3 Å². The summed E-state index contributed by atoms with van der Waals surface area (Å²) >= 11 is 0. The van der Waals surface area contributed by atoms with Gasteiger partial charge in [0.05, 0.1) is 17.1 Å². The number of allylic oxidation sites excluding steroid dienone is 1. The molecule has 0 spiro atoms. The number of nitrogens with one attached hydrogen (secondary N) is 2. The molecule has 1 aliphatic heterocycles. The molecule has 4 rings (SSSR count). The summed E-state index contributed by atoms with van der Waals surface area (Å²) in [5.74, 6) is 2.17. The zero-order valence-electron chi connectivity index (χ0n) is 18.5. The number of rotatable bonds is 7. The van der Waals surface area contributed by atoms with Crippen molar-refractivity contribution in [3.8, 4) is 6.07 Å². The van der Waals surface area contributed by atoms with Crippen LogP contribution in [0.5, 0.6) is 0 Å². The van der Waals surface area contributed by atoms with E-state index in [2.05, 4.69) is 49.5 Å². The van der Waals surface area contributed by atoms with Crippen LogP contribution in [0.1, 0.15) is 18.2 Å². The minimum absolute atomic E-state index is 0.483. The van der Waals surface area contributed by atoms with Crippen LogP contribution in [-0.2, 0) is 6.42 Å². The van der Waals surface area contributed by atoms with E-state index in [4.69, 9.17) is 0 Å². The molecule has 0 radical (unpaired) electrons. The molecule has 0 amide bonds. The van der Waals surface area contributed by atoms with Gasteiger partial charge in [-0.3, -0.25) is 0 Å². The summed E-state index contributed by atoms with van der Waals surface area (Å²) < 4.78 is 0. The van der Waals surface area contributed by atoms with Crippen molar-refractivity contribution < 1.29 is 0 Å². The lowest BCUT2D eigenvalue weighted by atomic mass is 10.2. The maximum Gasteiger partial charge on any atom is 0.223 e. The molecule has 0 bridgehead atoms. The van der Waals surface area contributed by atoms with Gasteiger partial charge >= 0.3 is 0 Å². The molecule has 0 aliphatic carbocycles. The fraction of sp³-hybridized carbons (Fsp3) is 0.250. The molecule has 1 aromatic carbocycles. The van der Waals surface area contributed by atoms with Crippen LogP contribution < -0.4 is 20.4 Å². The maximum absolute atomic E-state index is 9.94. The molecule has 3 aromatic rings. The summed E-state index contributed by atoms with van der Waals surface area (Å²) in [4.78, 5) is 17.4. The molecule has 2 N–H and O–H groups in total. The standard InChI is InChI=1S/C24H26N8/c1-4-32-21-8-6-5-7-20(21)29-23(32)18(15-25)19-12-14-27-24(30-19)26-13-11-17-9-10-22(28-16-17)31(2)3/h5-10,12,14,16,29H,4,11,13H2,1-3H3,(H,26,27,30)/b23-18+. The predicted octanol–water partition coefficient (Wildman–Crippen LogP) is 3.74. The molecule has 8 nitrogen and oxygen atoms in total. The molecule has 162 valence electrons. The van der Waals surface area contributed by atoms with Gasteiger partial charge in [0.25, 0.3) is 0 Å². The third kappa shape index (κ3) is 4.32. The molecular formula is C24H26N8. The molecule has 8 heteroatoms. The van der Waals surface area contributed by atoms with Gasteiger partial charge in [0.1, 0.15) is 23.3 Å². The van der Waals surface area contributed by atoms with Gasteiger partial charge in [-0.25, -0.2) is 15.0 Å². The van der Waals surface area contributed by atoms with Crippen LogP contribution in [0.15, 0.2) is 60.7 Å². The molecule has 3 heterocycles. The van der Waals surface area contributed by atoms with Crippen molar-refractivity contribution in [2.24, 2.45) is 0 Å². The Morgan fingerprint density at radius 1 is 1.16 bits per heavy atom. The lowest BCUT2D eigenvalue weighted by Crippen LogP contribution is -2.21. The zero-order chi connectivity index (χ0) is 22.5. The Balaban J connectivity index is 1.49. The number of hydrogen-bond donors (Lipinski definition) is 2. The summed E-state index contributed by atoms with van der Waals surface area (Å²) in [6.45, 7) is 3.46. The van der Waals surface area contributed by atoms with Gasteiger partial charge in [0.2, 0.25) is 5.95 Å². The third-order valence-corrected chi connectivity index (χ3v) is 5.26. The van der Waals surface area contributed by atoms with Gasteiger partial charge < -0.3 is 20.4 Å². The van der Waals surface area contributed by atoms with Crippen LogP contribution in [0.4, 0.5) is 23.1 Å². The third-order valence-electron chi connectivity index (χ3n) is 5.26. The molecule has 0 fully saturated rings. The van der Waals surface area contributed by atoms with Crippen LogP contribution in [0.2, 0.25) is 0 Å². The Kier molecular flexibility index (Phi) is 6.17. The van der Waals surface area contributed by atoms with E-state index in [-0.39, 0.29) is 0 Å². The van der Waals surface area contributed by atoms with Crippen molar-refractivity contribution in [3.05, 3.63) is 71.9 Å². The van der Waals surface area contributed by atoms with E-state index in [0.29, 0.717) is 23.8 Å². The highest BCUT2D eigenvalue weighted by Gasteiger charge is 2.26. The number of aromatic nitrogens is 3. The summed E-state index contributed by atoms with van der Waals surface area (Å²) in [7, 11) is 3.94. The molecule has 0 saturated heterocycles. The van der Waals surface area contributed by atoms with Gasteiger partial charge in [0.15, 0.2) is 0 Å². The van der Waals surface area contributed by atoms with E-state index in [1.807, 2.05) is 55.5 Å². The highest BCUT2D eigenvalue weighted by molar-refractivity contribution is 5.90. The second-order valence-electron chi connectivity index (χ2n) is 7.58. The van der Waals surface area contributed by atoms with E-state index in [0.717, 1.165) is 41.5 Å². The Labute approximate surface area is 188 Å². The summed E-state index contributed by atoms with van der Waals surface area (Å²) in [6.07, 6.45) is 4.35. The average Bonchev–Trinajstić information content (AvgIpc) is 3.18. The number of anilines is 4. The van der Waals surface area contributed by atoms with Crippen molar-refractivity contribution in [3.63, 3.8) is 0 Å². The fourth-order valence-corrected chi connectivity index (χ4v) is 3.62. The van der Waals surface area contributed by atoms with Crippen LogP contribution >= 0.6 is 0 Å². The Bertz CT molecular complexity index is 1160. The normalized spacial score (nSPS) is 13.8. The molecule has 0 unspecified atom stereocenters. The lowest BCUT2D eigenvalue weighted by molar-refractivity contribution is 0.963. The minimum atomic E-state index is 0.483. The van der Waals surface area contributed by atoms with E-state index < -0.39 is 0 Å². The quantitative estimate of drug-likeness (QED) is 0.552. The van der Waals surface area contributed by atoms with Crippen LogP contribution in [-0.4, -0.2) is 42.1 Å². The van der Waals surface area contributed by atoms with Gasteiger partial charge in [0, 0.05) is 39.6 Å². The molecule has 1 aliphatic rings. The first kappa shape index (κ1) is 21.1. The predicted molar refractivity (Wildman–Crippen MR) is 128 cm³/mol. The van der Waals surface area contributed by atoms with E-state index >= 15 is 0 Å². The minimum Gasteiger partial charge on any atom is -0.363 e. The molecule has 32 heavy (non-hydrogen) atoms. The monoisotopic (exact) mass is 426 g/mol. The van der Waals surface area contributed by atoms with Crippen molar-refractivity contribution in [1.29, 1.82) is 5.26 Å². The number of pyridine rings is 1. The highest BCUT2D eigenvalue weighted by atomic mass is 15.3. The topological polar surface area (TPSA) is 93.0 Å². The van der Waals surface area contributed by atoms with E-state index in [1.165, 1.54) is 0 Å². The molecule has 0 atom stereocenters. The first-order chi connectivity index (χ1) is 15.6. The van der Waals surface area contributed by atoms with Crippen molar-refractivity contribution in [1.82, 2.24) is 15.0 Å². The van der Waals surface area contributed by atoms with E-state index in [9.17, 15) is 5.26 Å². The number of benzene rings is 1. The second kappa shape index (κ2) is 9.35. The average molecular weight is 427 g/mol. The molecule has 2 aromatic heterocycles. The lowest BCUT2D eigenvalue weighted by Gasteiger charge is -2.19. The Morgan fingerprint density at radius 3 is 2.72 bits per heavy atom. The molecular weight excluding hydrogens is 400 g/mol. The van der Waals surface area contributed by atoms with Crippen LogP contribution in [0, 0.1) is 11.3 Å². The zero-order valence-corrected chi connectivity index (χ0v) is 18.5. The highest BCUT2D eigenvalue weighted by Crippen LogP contribution is 2.38. The number of fused-ring (bicyclic) bond motifs is 1. The number of nitriles is 1. The van der Waals surface area contributed by atoms with Gasteiger partial charge in [-0.05, 0) is 43.2 Å². The Morgan fingerprint density at radius 2 is 2.00 bits per heavy atom. The van der Waals surface area contributed by atoms with Gasteiger partial charge in [-0.15, -0.1) is 0 Å². The first-order valence-corrected chi connectivity index (χ1v) is 10.6.